The number of nitrogens with one attached hydrogen (secondary N) is 1. The minimum absolute atomic E-state index is 0.0819. The summed E-state index contributed by atoms with van der Waals surface area (Å²) < 4.78 is 12.2. The Labute approximate surface area is 77.5 Å². The second-order valence-corrected chi connectivity index (χ2v) is 4.28. The fourth-order valence-corrected chi connectivity index (χ4v) is 0.556. The molecule has 1 N–H and O–H groups in total. The van der Waals surface area contributed by atoms with E-state index in [4.69, 9.17) is 11.6 Å². The fraction of sp³-hybridized carbons (Fsp3) is 0.875. The first-order valence-corrected chi connectivity index (χ1v) is 4.27. The summed E-state index contributed by atoms with van der Waals surface area (Å²) in [5.41, 5.74) is -2.03. The molecule has 0 aliphatic rings. The lowest BCUT2D eigenvalue weighted by Crippen LogP contribution is -2.43. The number of alkyl halides is 2. The lowest BCUT2D eigenvalue weighted by Gasteiger charge is -2.27. The minimum Gasteiger partial charge on any atom is -0.349 e. The van der Waals surface area contributed by atoms with Gasteiger partial charge in [0.05, 0.1) is 0 Å². The van der Waals surface area contributed by atoms with Gasteiger partial charge in [0.15, 0.2) is 0 Å². The predicted molar refractivity (Wildman–Crippen MR) is 47.8 cm³/mol. The highest BCUT2D eigenvalue weighted by molar-refractivity contribution is 6.29. The van der Waals surface area contributed by atoms with Crippen LogP contribution in [0.5, 0.6) is 0 Å². The smallest absolute Gasteiger partial charge is 0.270 e. The van der Waals surface area contributed by atoms with Crippen LogP contribution in [0, 0.1) is 5.41 Å². The van der Waals surface area contributed by atoms with Gasteiger partial charge >= 0.3 is 0 Å². The highest BCUT2D eigenvalue weighted by Crippen LogP contribution is 2.18. The summed E-state index contributed by atoms with van der Waals surface area (Å²) in [7, 11) is 0. The molecule has 0 saturated carbocycles. The van der Waals surface area contributed by atoms with E-state index in [0.29, 0.717) is 0 Å². The van der Waals surface area contributed by atoms with Crippen LogP contribution in [0.4, 0.5) is 4.39 Å². The maximum absolute atomic E-state index is 12.2. The molecule has 2 nitrogen and oxygen atoms in total. The molecule has 0 radical (unpaired) electrons. The van der Waals surface area contributed by atoms with Crippen LogP contribution in [0.3, 0.4) is 0 Å². The van der Waals surface area contributed by atoms with Crippen molar-refractivity contribution in [2.75, 3.05) is 0 Å². The molecular weight excluding hydrogens is 181 g/mol. The molecule has 0 aromatic carbocycles. The summed E-state index contributed by atoms with van der Waals surface area (Å²) in [6.45, 7) is 7.69. The zero-order valence-corrected chi connectivity index (χ0v) is 8.57. The first-order chi connectivity index (χ1) is 5.25. The first kappa shape index (κ1) is 11.7. The van der Waals surface area contributed by atoms with Crippen molar-refractivity contribution in [2.24, 2.45) is 5.41 Å². The Bertz CT molecular complexity index is 165. The summed E-state index contributed by atoms with van der Waals surface area (Å²) in [5, 5.41) is 2.47. The van der Waals surface area contributed by atoms with E-state index in [9.17, 15) is 9.18 Å². The van der Waals surface area contributed by atoms with Crippen molar-refractivity contribution in [1.82, 2.24) is 5.32 Å². The van der Waals surface area contributed by atoms with Crippen molar-refractivity contribution < 1.29 is 9.18 Å². The van der Waals surface area contributed by atoms with Gasteiger partial charge in [-0.3, -0.25) is 4.79 Å². The summed E-state index contributed by atoms with van der Waals surface area (Å²) in [6, 6.07) is -0.0954. The van der Waals surface area contributed by atoms with E-state index in [-0.39, 0.29) is 11.5 Å². The van der Waals surface area contributed by atoms with Gasteiger partial charge in [-0.2, -0.15) is 0 Å². The van der Waals surface area contributed by atoms with E-state index in [1.807, 2.05) is 27.7 Å². The summed E-state index contributed by atoms with van der Waals surface area (Å²) in [6.07, 6.45) is 0. The highest BCUT2D eigenvalue weighted by Gasteiger charge is 2.24. The molecule has 0 heterocycles. The lowest BCUT2D eigenvalue weighted by molar-refractivity contribution is -0.124. The van der Waals surface area contributed by atoms with Gasteiger partial charge in [0, 0.05) is 6.04 Å². The molecule has 0 saturated heterocycles. The monoisotopic (exact) mass is 195 g/mol. The molecule has 0 aromatic heterocycles. The van der Waals surface area contributed by atoms with E-state index >= 15 is 0 Å². The maximum Gasteiger partial charge on any atom is 0.270 e. The SMILES string of the molecule is CC(NC(=O)C(F)Cl)C(C)(C)C. The molecule has 0 aliphatic heterocycles. The molecule has 0 spiro atoms. The number of halogens is 2. The molecule has 2 atom stereocenters. The molecule has 0 fully saturated rings. The average Bonchev–Trinajstić information content (AvgIpc) is 1.85. The van der Waals surface area contributed by atoms with Crippen LogP contribution in [0.15, 0.2) is 0 Å². The maximum atomic E-state index is 12.2. The van der Waals surface area contributed by atoms with Crippen molar-refractivity contribution in [3.05, 3.63) is 0 Å². The van der Waals surface area contributed by atoms with Gasteiger partial charge < -0.3 is 5.32 Å². The van der Waals surface area contributed by atoms with Crippen molar-refractivity contribution in [1.29, 1.82) is 0 Å². The van der Waals surface area contributed by atoms with Gasteiger partial charge in [-0.1, -0.05) is 32.4 Å². The number of amides is 1. The summed E-state index contributed by atoms with van der Waals surface area (Å²) in [4.78, 5) is 10.8. The summed E-state index contributed by atoms with van der Waals surface area (Å²) in [5.74, 6) is -0.765. The van der Waals surface area contributed by atoms with Gasteiger partial charge in [0.2, 0.25) is 0 Å². The third kappa shape index (κ3) is 3.90. The zero-order valence-electron chi connectivity index (χ0n) is 7.82. The van der Waals surface area contributed by atoms with Crippen molar-refractivity contribution >= 4 is 17.5 Å². The molecule has 0 rings (SSSR count). The molecule has 0 aliphatic carbocycles. The second-order valence-electron chi connectivity index (χ2n) is 3.90. The van der Waals surface area contributed by atoms with E-state index < -0.39 is 11.5 Å². The Morgan fingerprint density at radius 2 is 1.92 bits per heavy atom. The Balaban J connectivity index is 4.02. The van der Waals surface area contributed by atoms with E-state index in [1.54, 1.807) is 0 Å². The van der Waals surface area contributed by atoms with Crippen LogP contribution in [-0.4, -0.2) is 17.6 Å². The van der Waals surface area contributed by atoms with Crippen LogP contribution in [0.1, 0.15) is 27.7 Å². The predicted octanol–water partition coefficient (Wildman–Crippen LogP) is 2.07. The van der Waals surface area contributed by atoms with Crippen LogP contribution in [0.25, 0.3) is 0 Å². The topological polar surface area (TPSA) is 29.1 Å². The number of hydrogen-bond acceptors (Lipinski definition) is 1. The van der Waals surface area contributed by atoms with Gasteiger partial charge in [-0.25, -0.2) is 4.39 Å². The number of carbonyl (C=O) groups is 1. The Morgan fingerprint density at radius 1 is 1.50 bits per heavy atom. The summed E-state index contributed by atoms with van der Waals surface area (Å²) >= 11 is 4.94. The normalized spacial score (nSPS) is 16.8. The third-order valence-corrected chi connectivity index (χ3v) is 2.05. The molecule has 72 valence electrons. The van der Waals surface area contributed by atoms with Crippen molar-refractivity contribution in [2.45, 2.75) is 39.4 Å². The highest BCUT2D eigenvalue weighted by atomic mass is 35.5. The van der Waals surface area contributed by atoms with Gasteiger partial charge in [-0.15, -0.1) is 0 Å². The van der Waals surface area contributed by atoms with Crippen LogP contribution in [-0.2, 0) is 4.79 Å². The third-order valence-electron chi connectivity index (χ3n) is 1.86. The molecule has 1 amide bonds. The number of hydrogen-bond donors (Lipinski definition) is 1. The van der Waals surface area contributed by atoms with Crippen LogP contribution in [0.2, 0.25) is 0 Å². The minimum atomic E-state index is -1.95. The number of rotatable bonds is 2. The van der Waals surface area contributed by atoms with Gasteiger partial charge in [0.25, 0.3) is 11.5 Å². The second kappa shape index (κ2) is 4.08. The molecule has 2 unspecified atom stereocenters. The largest absolute Gasteiger partial charge is 0.349 e. The van der Waals surface area contributed by atoms with Gasteiger partial charge in [0.1, 0.15) is 0 Å². The lowest BCUT2D eigenvalue weighted by atomic mass is 9.88. The Morgan fingerprint density at radius 3 is 2.17 bits per heavy atom. The van der Waals surface area contributed by atoms with E-state index in [0.717, 1.165) is 0 Å². The molecule has 0 aromatic rings. The van der Waals surface area contributed by atoms with Crippen molar-refractivity contribution in [3.8, 4) is 0 Å². The molecule has 12 heavy (non-hydrogen) atoms. The Hall–Kier alpha value is -0.310. The van der Waals surface area contributed by atoms with Crippen LogP contribution < -0.4 is 5.32 Å². The standard InChI is InChI=1S/C8H15ClFNO/c1-5(8(2,3)4)11-7(12)6(9)10/h5-6H,1-4H3,(H,11,12). The quantitative estimate of drug-likeness (QED) is 0.672. The molecular formula is C8H15ClFNO. The average molecular weight is 196 g/mol. The zero-order chi connectivity index (χ0) is 9.94. The van der Waals surface area contributed by atoms with Gasteiger partial charge in [-0.05, 0) is 12.3 Å². The molecule has 4 heteroatoms. The van der Waals surface area contributed by atoms with E-state index in [1.165, 1.54) is 0 Å². The number of carbonyl (C=O) groups excluding carboxylic acids is 1. The first-order valence-electron chi connectivity index (χ1n) is 3.83. The fourth-order valence-electron chi connectivity index (χ4n) is 0.493. The Kier molecular flexibility index (Phi) is 3.97. The van der Waals surface area contributed by atoms with E-state index in [2.05, 4.69) is 5.32 Å². The molecule has 0 bridgehead atoms. The van der Waals surface area contributed by atoms with Crippen molar-refractivity contribution in [3.63, 3.8) is 0 Å². The van der Waals surface area contributed by atoms with Crippen LogP contribution >= 0.6 is 11.6 Å².